The molecule has 2 aromatic heterocycles. The van der Waals surface area contributed by atoms with Crippen LogP contribution < -0.4 is 5.32 Å². The van der Waals surface area contributed by atoms with Crippen LogP contribution in [0, 0.1) is 12.7 Å². The number of rotatable bonds is 7. The Morgan fingerprint density at radius 1 is 1.11 bits per heavy atom. The van der Waals surface area contributed by atoms with Crippen molar-refractivity contribution in [1.29, 1.82) is 0 Å². The van der Waals surface area contributed by atoms with Gasteiger partial charge >= 0.3 is 5.97 Å². The van der Waals surface area contributed by atoms with E-state index in [0.717, 1.165) is 11.1 Å². The van der Waals surface area contributed by atoms with Gasteiger partial charge in [0.2, 0.25) is 0 Å². The van der Waals surface area contributed by atoms with Crippen LogP contribution in [0.4, 0.5) is 10.2 Å². The van der Waals surface area contributed by atoms with Gasteiger partial charge in [0.15, 0.2) is 5.82 Å². The lowest BCUT2D eigenvalue weighted by Gasteiger charge is -2.21. The van der Waals surface area contributed by atoms with Gasteiger partial charge < -0.3 is 14.5 Å². The number of aryl methyl sites for hydroxylation is 1. The summed E-state index contributed by atoms with van der Waals surface area (Å²) in [6.07, 6.45) is 4.98. The Balaban J connectivity index is 1.77. The predicted molar refractivity (Wildman–Crippen MR) is 138 cm³/mol. The molecule has 36 heavy (non-hydrogen) atoms. The molecular formula is C29H28FN3O3. The molecule has 0 aliphatic rings. The first-order chi connectivity index (χ1) is 17.2. The van der Waals surface area contributed by atoms with E-state index in [-0.39, 0.29) is 11.5 Å². The number of furan rings is 1. The molecule has 0 amide bonds. The highest BCUT2D eigenvalue weighted by atomic mass is 19.1. The lowest BCUT2D eigenvalue weighted by molar-refractivity contribution is -0.149. The van der Waals surface area contributed by atoms with Gasteiger partial charge in [0, 0.05) is 18.1 Å². The van der Waals surface area contributed by atoms with Crippen LogP contribution in [0.5, 0.6) is 0 Å². The molecule has 1 N–H and O–H groups in total. The van der Waals surface area contributed by atoms with Crippen LogP contribution in [-0.4, -0.2) is 21.5 Å². The minimum absolute atomic E-state index is 0.137. The van der Waals surface area contributed by atoms with Crippen molar-refractivity contribution in [2.24, 2.45) is 0 Å². The first-order valence-electron chi connectivity index (χ1n) is 11.6. The molecular weight excluding hydrogens is 457 g/mol. The Morgan fingerprint density at radius 3 is 2.58 bits per heavy atom. The molecule has 4 rings (SSSR count). The van der Waals surface area contributed by atoms with E-state index in [0.29, 0.717) is 35.0 Å². The summed E-state index contributed by atoms with van der Waals surface area (Å²) in [5.74, 6) is -0.118. The van der Waals surface area contributed by atoms with Crippen LogP contribution in [0.1, 0.15) is 43.4 Å². The van der Waals surface area contributed by atoms with Gasteiger partial charge in [-0.15, -0.1) is 0 Å². The summed E-state index contributed by atoms with van der Waals surface area (Å²) < 4.78 is 25.6. The minimum Gasteiger partial charge on any atom is -0.465 e. The maximum atomic E-state index is 14.6. The molecule has 0 atom stereocenters. The number of carbonyl (C=O) groups excluding carboxylic acids is 1. The molecule has 0 saturated carbocycles. The molecule has 0 radical (unpaired) electrons. The monoisotopic (exact) mass is 485 g/mol. The molecule has 0 fully saturated rings. The fraction of sp³-hybridized carbons (Fsp3) is 0.207. The summed E-state index contributed by atoms with van der Waals surface area (Å²) in [6.45, 7) is 7.27. The standard InChI is InChI=1S/C29H28FN3O3/c1-19-12-13-23(30)22(15-19)26-18-31-27(24(32-26)16-20-9-6-5-7-10-20)33-25(17-21-11-8-14-35-21)28(34)36-29(2,3)4/h5-15,17-18H,16H2,1-4H3,(H,31,33)/b25-17-. The Morgan fingerprint density at radius 2 is 1.89 bits per heavy atom. The van der Waals surface area contributed by atoms with Crippen molar-refractivity contribution in [3.63, 3.8) is 0 Å². The van der Waals surface area contributed by atoms with Crippen LogP contribution in [0.2, 0.25) is 0 Å². The molecule has 6 nitrogen and oxygen atoms in total. The third-order valence-electron chi connectivity index (χ3n) is 5.16. The number of nitrogens with zero attached hydrogens (tertiary/aromatic N) is 2. The van der Waals surface area contributed by atoms with Crippen LogP contribution in [0.15, 0.2) is 83.2 Å². The third-order valence-corrected chi connectivity index (χ3v) is 5.16. The summed E-state index contributed by atoms with van der Waals surface area (Å²) in [5.41, 5.74) is 2.65. The number of esters is 1. The number of anilines is 1. The molecule has 0 aliphatic carbocycles. The maximum absolute atomic E-state index is 14.6. The van der Waals surface area contributed by atoms with Crippen LogP contribution >= 0.6 is 0 Å². The number of halogens is 1. The molecule has 0 bridgehead atoms. The zero-order valence-corrected chi connectivity index (χ0v) is 20.7. The van der Waals surface area contributed by atoms with Gasteiger partial charge in [0.25, 0.3) is 0 Å². The SMILES string of the molecule is Cc1ccc(F)c(-c2cnc(N/C(=C\c3ccco3)C(=O)OC(C)(C)C)c(Cc3ccccc3)n2)c1. The second kappa shape index (κ2) is 10.6. The normalized spacial score (nSPS) is 11.9. The van der Waals surface area contributed by atoms with E-state index in [1.165, 1.54) is 18.5 Å². The van der Waals surface area contributed by atoms with Crippen LogP contribution in [-0.2, 0) is 16.0 Å². The Labute approximate surface area is 209 Å². The van der Waals surface area contributed by atoms with Crippen molar-refractivity contribution in [3.8, 4) is 11.3 Å². The molecule has 4 aromatic rings. The molecule has 0 unspecified atom stereocenters. The number of aromatic nitrogens is 2. The van der Waals surface area contributed by atoms with Crippen LogP contribution in [0.25, 0.3) is 17.3 Å². The van der Waals surface area contributed by atoms with E-state index < -0.39 is 11.6 Å². The molecule has 2 aromatic carbocycles. The van der Waals surface area contributed by atoms with E-state index in [2.05, 4.69) is 10.3 Å². The Kier molecular flexibility index (Phi) is 7.29. The van der Waals surface area contributed by atoms with Crippen LogP contribution in [0.3, 0.4) is 0 Å². The number of benzene rings is 2. The fourth-order valence-corrected chi connectivity index (χ4v) is 3.53. The summed E-state index contributed by atoms with van der Waals surface area (Å²) in [4.78, 5) is 22.3. The molecule has 0 aliphatic heterocycles. The van der Waals surface area contributed by atoms with Gasteiger partial charge in [-0.25, -0.2) is 19.2 Å². The number of ether oxygens (including phenoxy) is 1. The topological polar surface area (TPSA) is 77.2 Å². The van der Waals surface area contributed by atoms with Crippen molar-refractivity contribution in [2.45, 2.75) is 39.7 Å². The van der Waals surface area contributed by atoms with E-state index in [4.69, 9.17) is 14.1 Å². The summed E-state index contributed by atoms with van der Waals surface area (Å²) in [6, 6.07) is 18.1. The zero-order valence-electron chi connectivity index (χ0n) is 20.7. The molecule has 0 saturated heterocycles. The van der Waals surface area contributed by atoms with Gasteiger partial charge in [-0.2, -0.15) is 0 Å². The van der Waals surface area contributed by atoms with Gasteiger partial charge in [0.1, 0.15) is 22.9 Å². The van der Waals surface area contributed by atoms with Gasteiger partial charge in [0.05, 0.1) is 23.8 Å². The van der Waals surface area contributed by atoms with Crippen molar-refractivity contribution < 1.29 is 18.3 Å². The number of nitrogens with one attached hydrogen (secondary N) is 1. The quantitative estimate of drug-likeness (QED) is 0.236. The van der Waals surface area contributed by atoms with Gasteiger partial charge in [-0.05, 0) is 57.5 Å². The van der Waals surface area contributed by atoms with Crippen molar-refractivity contribution in [2.75, 3.05) is 5.32 Å². The number of hydrogen-bond donors (Lipinski definition) is 1. The van der Waals surface area contributed by atoms with Gasteiger partial charge in [-0.3, -0.25) is 0 Å². The highest BCUT2D eigenvalue weighted by Crippen LogP contribution is 2.26. The highest BCUT2D eigenvalue weighted by molar-refractivity contribution is 5.96. The lowest BCUT2D eigenvalue weighted by Crippen LogP contribution is -2.27. The summed E-state index contributed by atoms with van der Waals surface area (Å²) >= 11 is 0. The second-order valence-electron chi connectivity index (χ2n) is 9.40. The Bertz CT molecular complexity index is 1370. The smallest absolute Gasteiger partial charge is 0.355 e. The lowest BCUT2D eigenvalue weighted by atomic mass is 10.1. The predicted octanol–water partition coefficient (Wildman–Crippen LogP) is 6.57. The zero-order chi connectivity index (χ0) is 25.7. The first-order valence-corrected chi connectivity index (χ1v) is 11.6. The average Bonchev–Trinajstić information content (AvgIpc) is 3.34. The van der Waals surface area contributed by atoms with E-state index in [1.807, 2.05) is 37.3 Å². The number of carbonyl (C=O) groups is 1. The van der Waals surface area contributed by atoms with Crippen molar-refractivity contribution >= 4 is 17.9 Å². The Hall–Kier alpha value is -4.26. The van der Waals surface area contributed by atoms with Crippen molar-refractivity contribution in [3.05, 3.63) is 107 Å². The third kappa shape index (κ3) is 6.44. The van der Waals surface area contributed by atoms with E-state index >= 15 is 0 Å². The molecule has 0 spiro atoms. The number of hydrogen-bond acceptors (Lipinski definition) is 6. The summed E-state index contributed by atoms with van der Waals surface area (Å²) in [7, 11) is 0. The van der Waals surface area contributed by atoms with Crippen molar-refractivity contribution in [1.82, 2.24) is 9.97 Å². The second-order valence-corrected chi connectivity index (χ2v) is 9.40. The van der Waals surface area contributed by atoms with E-state index in [1.54, 1.807) is 51.1 Å². The molecule has 184 valence electrons. The minimum atomic E-state index is -0.702. The largest absolute Gasteiger partial charge is 0.465 e. The fourth-order valence-electron chi connectivity index (χ4n) is 3.53. The average molecular weight is 486 g/mol. The highest BCUT2D eigenvalue weighted by Gasteiger charge is 2.22. The maximum Gasteiger partial charge on any atom is 0.355 e. The molecule has 2 heterocycles. The summed E-state index contributed by atoms with van der Waals surface area (Å²) in [5, 5.41) is 3.09. The van der Waals surface area contributed by atoms with E-state index in [9.17, 15) is 9.18 Å². The molecule has 7 heteroatoms. The van der Waals surface area contributed by atoms with Gasteiger partial charge in [-0.1, -0.05) is 42.0 Å². The first kappa shape index (κ1) is 24.9.